The average molecular weight is 460 g/mol. The molecule has 1 amide bonds. The summed E-state index contributed by atoms with van der Waals surface area (Å²) in [4.78, 5) is 27.5. The molecule has 1 N–H and O–H groups in total. The normalized spacial score (nSPS) is 20.1. The third kappa shape index (κ3) is 5.81. The number of hydrogen-bond donors (Lipinski definition) is 1. The minimum Gasteiger partial charge on any atom is -0.493 e. The van der Waals surface area contributed by atoms with Crippen LogP contribution in [-0.2, 0) is 9.59 Å². The van der Waals surface area contributed by atoms with Crippen molar-refractivity contribution in [3.63, 3.8) is 0 Å². The van der Waals surface area contributed by atoms with Crippen LogP contribution < -0.4 is 14.2 Å². The highest BCUT2D eigenvalue weighted by molar-refractivity contribution is 5.89. The van der Waals surface area contributed by atoms with E-state index in [1.807, 2.05) is 12.1 Å². The van der Waals surface area contributed by atoms with Crippen LogP contribution in [0.2, 0.25) is 0 Å². The number of benzene rings is 1. The van der Waals surface area contributed by atoms with E-state index in [-0.39, 0.29) is 11.8 Å². The number of carboxylic acids is 1. The number of carbonyl (C=O) groups excluding carboxylic acids is 1. The number of rotatable bonds is 10. The molecule has 7 heteroatoms. The number of amides is 1. The van der Waals surface area contributed by atoms with Gasteiger partial charge in [-0.25, -0.2) is 4.79 Å². The second kappa shape index (κ2) is 12.0. The maximum atomic E-state index is 14.0. The fourth-order valence-electron chi connectivity index (χ4n) is 5.20. The van der Waals surface area contributed by atoms with Crippen molar-refractivity contribution < 1.29 is 28.9 Å². The van der Waals surface area contributed by atoms with Gasteiger partial charge in [0.1, 0.15) is 6.04 Å². The molecule has 2 fully saturated rings. The molecule has 33 heavy (non-hydrogen) atoms. The minimum absolute atomic E-state index is 0.0988. The Bertz CT molecular complexity index is 832. The molecule has 0 spiro atoms. The predicted molar refractivity (Wildman–Crippen MR) is 126 cm³/mol. The molecule has 0 aromatic heterocycles. The van der Waals surface area contributed by atoms with Gasteiger partial charge >= 0.3 is 5.97 Å². The summed E-state index contributed by atoms with van der Waals surface area (Å²) in [6, 6.07) is 2.97. The quantitative estimate of drug-likeness (QED) is 0.400. The van der Waals surface area contributed by atoms with Crippen molar-refractivity contribution in [1.29, 1.82) is 0 Å². The van der Waals surface area contributed by atoms with Gasteiger partial charge in [-0.3, -0.25) is 4.79 Å². The molecule has 0 radical (unpaired) electrons. The molecule has 0 unspecified atom stereocenters. The third-order valence-electron chi connectivity index (χ3n) is 6.86. The molecule has 1 aliphatic carbocycles. The second-order valence-electron chi connectivity index (χ2n) is 8.94. The zero-order chi connectivity index (χ0) is 23.8. The van der Waals surface area contributed by atoms with Crippen molar-refractivity contribution in [3.05, 3.63) is 30.4 Å². The van der Waals surface area contributed by atoms with Crippen molar-refractivity contribution in [3.8, 4) is 17.2 Å². The number of hydrogen-bond acceptors (Lipinski definition) is 5. The summed E-state index contributed by atoms with van der Waals surface area (Å²) in [5, 5.41) is 9.78. The molecule has 1 aliphatic heterocycles. The van der Waals surface area contributed by atoms with E-state index in [0.717, 1.165) is 44.1 Å². The molecular weight excluding hydrogens is 422 g/mol. The molecule has 0 bridgehead atoms. The summed E-state index contributed by atoms with van der Waals surface area (Å²) in [5.74, 6) is 0.209. The molecule has 1 saturated carbocycles. The van der Waals surface area contributed by atoms with Crippen LogP contribution >= 0.6 is 0 Å². The van der Waals surface area contributed by atoms with Crippen LogP contribution in [0.3, 0.4) is 0 Å². The topological polar surface area (TPSA) is 85.3 Å². The number of piperidine rings is 1. The van der Waals surface area contributed by atoms with E-state index in [4.69, 9.17) is 14.2 Å². The predicted octanol–water partition coefficient (Wildman–Crippen LogP) is 4.79. The summed E-state index contributed by atoms with van der Waals surface area (Å²) in [5.41, 5.74) is 0.799. The van der Waals surface area contributed by atoms with E-state index in [2.05, 4.69) is 6.58 Å². The van der Waals surface area contributed by atoms with Crippen LogP contribution in [-0.4, -0.2) is 55.3 Å². The van der Waals surface area contributed by atoms with Gasteiger partial charge in [0.2, 0.25) is 11.7 Å². The maximum Gasteiger partial charge on any atom is 0.326 e. The Morgan fingerprint density at radius 3 is 2.42 bits per heavy atom. The monoisotopic (exact) mass is 459 g/mol. The maximum absolute atomic E-state index is 14.0. The van der Waals surface area contributed by atoms with Gasteiger partial charge in [-0.05, 0) is 62.1 Å². The molecule has 182 valence electrons. The zero-order valence-electron chi connectivity index (χ0n) is 19.9. The van der Waals surface area contributed by atoms with E-state index >= 15 is 0 Å². The van der Waals surface area contributed by atoms with E-state index < -0.39 is 17.9 Å². The Kier molecular flexibility index (Phi) is 9.03. The summed E-state index contributed by atoms with van der Waals surface area (Å²) in [6.45, 7) is 4.65. The minimum atomic E-state index is -0.925. The first kappa shape index (κ1) is 24.9. The molecule has 2 atom stereocenters. The van der Waals surface area contributed by atoms with Crippen molar-refractivity contribution in [1.82, 2.24) is 4.90 Å². The lowest BCUT2D eigenvalue weighted by Gasteiger charge is -2.39. The lowest BCUT2D eigenvalue weighted by molar-refractivity contribution is -0.153. The lowest BCUT2D eigenvalue weighted by Crippen LogP contribution is -2.50. The van der Waals surface area contributed by atoms with Crippen LogP contribution in [0.1, 0.15) is 69.3 Å². The number of aliphatic carboxylic acids is 1. The Labute approximate surface area is 196 Å². The lowest BCUT2D eigenvalue weighted by atomic mass is 9.75. The van der Waals surface area contributed by atoms with Crippen LogP contribution in [0, 0.1) is 5.92 Å². The van der Waals surface area contributed by atoms with Crippen LogP contribution in [0.4, 0.5) is 0 Å². The van der Waals surface area contributed by atoms with Crippen molar-refractivity contribution in [2.45, 2.75) is 69.7 Å². The smallest absolute Gasteiger partial charge is 0.326 e. The second-order valence-corrected chi connectivity index (χ2v) is 8.94. The van der Waals surface area contributed by atoms with Gasteiger partial charge in [-0.2, -0.15) is 0 Å². The van der Waals surface area contributed by atoms with E-state index in [1.165, 1.54) is 6.42 Å². The number of ether oxygens (including phenoxy) is 3. The SMILES string of the molecule is C=CCCOc1cc([C@@H](C(=O)N2CCCC[C@H]2C(=O)O)C2CCCCC2)cc(OC)c1OC. The fraction of sp³-hybridized carbons (Fsp3) is 0.615. The van der Waals surface area contributed by atoms with Crippen LogP contribution in [0.25, 0.3) is 0 Å². The fourth-order valence-corrected chi connectivity index (χ4v) is 5.20. The van der Waals surface area contributed by atoms with Gasteiger partial charge in [0, 0.05) is 6.54 Å². The average Bonchev–Trinajstić information content (AvgIpc) is 2.84. The Balaban J connectivity index is 2.04. The van der Waals surface area contributed by atoms with Gasteiger partial charge in [0.05, 0.1) is 26.7 Å². The van der Waals surface area contributed by atoms with E-state index in [0.29, 0.717) is 43.2 Å². The molecule has 1 saturated heterocycles. The van der Waals surface area contributed by atoms with Crippen molar-refractivity contribution >= 4 is 11.9 Å². The van der Waals surface area contributed by atoms with Gasteiger partial charge < -0.3 is 24.2 Å². The van der Waals surface area contributed by atoms with Gasteiger partial charge in [0.25, 0.3) is 0 Å². The number of carboxylic acid groups (broad SMARTS) is 1. The Morgan fingerprint density at radius 1 is 1.09 bits per heavy atom. The molecule has 1 aromatic carbocycles. The first-order chi connectivity index (χ1) is 16.0. The van der Waals surface area contributed by atoms with Gasteiger partial charge in [-0.1, -0.05) is 25.3 Å². The number of likely N-dealkylation sites (tertiary alicyclic amines) is 1. The summed E-state index contributed by atoms with van der Waals surface area (Å²) in [6.07, 6.45) is 9.83. The molecule has 7 nitrogen and oxygen atoms in total. The highest BCUT2D eigenvalue weighted by Crippen LogP contribution is 2.45. The molecule has 2 aliphatic rings. The summed E-state index contributed by atoms with van der Waals surface area (Å²) in [7, 11) is 3.13. The highest BCUT2D eigenvalue weighted by Gasteiger charge is 2.40. The van der Waals surface area contributed by atoms with Crippen molar-refractivity contribution in [2.24, 2.45) is 5.92 Å². The molecular formula is C26H37NO6. The zero-order valence-corrected chi connectivity index (χ0v) is 19.9. The van der Waals surface area contributed by atoms with Gasteiger partial charge in [-0.15, -0.1) is 6.58 Å². The number of carbonyl (C=O) groups is 2. The first-order valence-electron chi connectivity index (χ1n) is 12.0. The van der Waals surface area contributed by atoms with Crippen molar-refractivity contribution in [2.75, 3.05) is 27.4 Å². The number of nitrogens with zero attached hydrogens (tertiary/aromatic N) is 1. The number of methoxy groups -OCH3 is 2. The van der Waals surface area contributed by atoms with E-state index in [1.54, 1.807) is 25.2 Å². The third-order valence-corrected chi connectivity index (χ3v) is 6.86. The largest absolute Gasteiger partial charge is 0.493 e. The summed E-state index contributed by atoms with van der Waals surface area (Å²) >= 11 is 0. The summed E-state index contributed by atoms with van der Waals surface area (Å²) < 4.78 is 17.1. The first-order valence-corrected chi connectivity index (χ1v) is 12.0. The standard InChI is InChI=1S/C26H37NO6/c1-4-5-15-33-22-17-19(16-21(31-2)24(22)32-3)23(18-11-7-6-8-12-18)25(28)27-14-10-9-13-20(27)26(29)30/h4,16-18,20,23H,1,5-15H2,2-3H3,(H,29,30)/t20-,23-/m0/s1. The van der Waals surface area contributed by atoms with Crippen LogP contribution in [0.15, 0.2) is 24.8 Å². The van der Waals surface area contributed by atoms with Gasteiger partial charge in [0.15, 0.2) is 11.5 Å². The van der Waals surface area contributed by atoms with E-state index in [9.17, 15) is 14.7 Å². The Hall–Kier alpha value is -2.70. The molecule has 1 heterocycles. The van der Waals surface area contributed by atoms with Crippen LogP contribution in [0.5, 0.6) is 17.2 Å². The highest BCUT2D eigenvalue weighted by atomic mass is 16.5. The molecule has 3 rings (SSSR count). The Morgan fingerprint density at radius 2 is 1.79 bits per heavy atom. The molecule has 1 aromatic rings.